The zero-order valence-electron chi connectivity index (χ0n) is 15.4. The molecule has 0 unspecified atom stereocenters. The van der Waals surface area contributed by atoms with Crippen molar-refractivity contribution in [2.45, 2.75) is 37.8 Å². The highest BCUT2D eigenvalue weighted by Gasteiger charge is 2.22. The molecule has 1 heterocycles. The van der Waals surface area contributed by atoms with Crippen LogP contribution in [0.25, 0.3) is 22.8 Å². The number of hydrogen-bond acceptors (Lipinski definition) is 6. The topological polar surface area (TPSA) is 111 Å². The first-order valence-corrected chi connectivity index (χ1v) is 9.94. The van der Waals surface area contributed by atoms with E-state index in [0.29, 0.717) is 23.8 Å². The third-order valence-corrected chi connectivity index (χ3v) is 5.50. The maximum Gasteiger partial charge on any atom is 0.258 e. The van der Waals surface area contributed by atoms with Gasteiger partial charge in [0, 0.05) is 23.2 Å². The maximum absolute atomic E-state index is 12.4. The zero-order valence-corrected chi connectivity index (χ0v) is 16.2. The van der Waals surface area contributed by atoms with Crippen molar-refractivity contribution in [1.82, 2.24) is 14.9 Å². The second-order valence-corrected chi connectivity index (χ2v) is 8.89. The van der Waals surface area contributed by atoms with Gasteiger partial charge in [0.1, 0.15) is 0 Å². The molecule has 1 aromatic heterocycles. The molecule has 27 heavy (non-hydrogen) atoms. The van der Waals surface area contributed by atoms with E-state index in [1.807, 2.05) is 24.3 Å². The quantitative estimate of drug-likeness (QED) is 0.697. The van der Waals surface area contributed by atoms with Crippen LogP contribution in [0.4, 0.5) is 0 Å². The van der Waals surface area contributed by atoms with Gasteiger partial charge in [0.05, 0.1) is 4.90 Å². The Morgan fingerprint density at radius 3 is 2.15 bits per heavy atom. The number of rotatable bonds is 5. The average Bonchev–Trinajstić information content (AvgIpc) is 3.10. The van der Waals surface area contributed by atoms with Crippen LogP contribution in [0.1, 0.15) is 26.3 Å². The van der Waals surface area contributed by atoms with E-state index in [1.54, 1.807) is 32.9 Å². The maximum atomic E-state index is 12.4. The van der Waals surface area contributed by atoms with E-state index < -0.39 is 15.6 Å². The van der Waals surface area contributed by atoms with Gasteiger partial charge in [-0.05, 0) is 50.6 Å². The fraction of sp³-hybridized carbons (Fsp3) is 0.263. The molecule has 0 atom stereocenters. The molecule has 0 aliphatic heterocycles. The highest BCUT2D eigenvalue weighted by molar-refractivity contribution is 7.89. The van der Waals surface area contributed by atoms with Crippen molar-refractivity contribution in [1.29, 1.82) is 0 Å². The van der Waals surface area contributed by atoms with Crippen LogP contribution in [-0.4, -0.2) is 24.1 Å². The Morgan fingerprint density at radius 2 is 1.59 bits per heavy atom. The lowest BCUT2D eigenvalue weighted by molar-refractivity contribution is 0.432. The fourth-order valence-electron chi connectivity index (χ4n) is 2.49. The number of nitrogens with two attached hydrogens (primary N) is 1. The minimum Gasteiger partial charge on any atom is -0.334 e. The summed E-state index contributed by atoms with van der Waals surface area (Å²) in [5.74, 6) is 0.778. The predicted molar refractivity (Wildman–Crippen MR) is 103 cm³/mol. The highest BCUT2D eigenvalue weighted by atomic mass is 32.2. The van der Waals surface area contributed by atoms with Crippen molar-refractivity contribution in [3.8, 4) is 22.8 Å². The standard InChI is InChI=1S/C19H22N4O3S/c1-19(2,3)23-27(24,25)16-10-8-15(9-11-16)18-21-17(22-26-18)14-6-4-13(12-20)5-7-14/h4-11,23H,12,20H2,1-3H3. The van der Waals surface area contributed by atoms with E-state index in [2.05, 4.69) is 14.9 Å². The lowest BCUT2D eigenvalue weighted by atomic mass is 10.1. The molecule has 0 spiro atoms. The molecule has 142 valence electrons. The Balaban J connectivity index is 1.83. The number of nitrogens with zero attached hydrogens (tertiary/aromatic N) is 2. The molecule has 3 rings (SSSR count). The summed E-state index contributed by atoms with van der Waals surface area (Å²) in [5.41, 5.74) is 7.51. The molecule has 3 aromatic rings. The van der Waals surface area contributed by atoms with Crippen molar-refractivity contribution in [3.63, 3.8) is 0 Å². The second-order valence-electron chi connectivity index (χ2n) is 7.20. The lowest BCUT2D eigenvalue weighted by Crippen LogP contribution is -2.40. The second kappa shape index (κ2) is 7.22. The fourth-order valence-corrected chi connectivity index (χ4v) is 3.90. The van der Waals surface area contributed by atoms with Crippen molar-refractivity contribution >= 4 is 10.0 Å². The van der Waals surface area contributed by atoms with Crippen molar-refractivity contribution < 1.29 is 12.9 Å². The lowest BCUT2D eigenvalue weighted by Gasteiger charge is -2.20. The van der Waals surface area contributed by atoms with E-state index in [1.165, 1.54) is 12.1 Å². The average molecular weight is 386 g/mol. The molecule has 0 saturated carbocycles. The molecule has 8 heteroatoms. The summed E-state index contributed by atoms with van der Waals surface area (Å²) in [6, 6.07) is 13.9. The van der Waals surface area contributed by atoms with Crippen LogP contribution in [0.5, 0.6) is 0 Å². The number of hydrogen-bond donors (Lipinski definition) is 2. The van der Waals surface area contributed by atoms with Crippen LogP contribution in [0.3, 0.4) is 0 Å². The Labute approximate surface area is 158 Å². The van der Waals surface area contributed by atoms with Gasteiger partial charge in [-0.3, -0.25) is 0 Å². The first kappa shape index (κ1) is 19.2. The van der Waals surface area contributed by atoms with Crippen molar-refractivity contribution in [2.75, 3.05) is 0 Å². The Bertz CT molecular complexity index is 1020. The monoisotopic (exact) mass is 386 g/mol. The number of aromatic nitrogens is 2. The Hall–Kier alpha value is -2.55. The van der Waals surface area contributed by atoms with E-state index in [0.717, 1.165) is 11.1 Å². The van der Waals surface area contributed by atoms with Gasteiger partial charge >= 0.3 is 0 Å². The zero-order chi connectivity index (χ0) is 19.7. The Morgan fingerprint density at radius 1 is 1.00 bits per heavy atom. The summed E-state index contributed by atoms with van der Waals surface area (Å²) >= 11 is 0. The van der Waals surface area contributed by atoms with Crippen LogP contribution in [0, 0.1) is 0 Å². The largest absolute Gasteiger partial charge is 0.334 e. The third kappa shape index (κ3) is 4.60. The molecule has 0 aliphatic carbocycles. The van der Waals surface area contributed by atoms with Gasteiger partial charge in [0.25, 0.3) is 5.89 Å². The first-order valence-electron chi connectivity index (χ1n) is 8.45. The highest BCUT2D eigenvalue weighted by Crippen LogP contribution is 2.24. The third-order valence-electron chi connectivity index (χ3n) is 3.73. The molecule has 0 amide bonds. The van der Waals surface area contributed by atoms with Gasteiger partial charge in [-0.15, -0.1) is 0 Å². The smallest absolute Gasteiger partial charge is 0.258 e. The molecule has 0 fully saturated rings. The normalized spacial score (nSPS) is 12.3. The summed E-state index contributed by atoms with van der Waals surface area (Å²) in [7, 11) is -3.59. The molecule has 7 nitrogen and oxygen atoms in total. The van der Waals surface area contributed by atoms with Gasteiger partial charge in [-0.1, -0.05) is 29.4 Å². The molecular formula is C19H22N4O3S. The summed E-state index contributed by atoms with van der Waals surface area (Å²) in [4.78, 5) is 4.56. The number of nitrogens with one attached hydrogen (secondary N) is 1. The minimum absolute atomic E-state index is 0.179. The van der Waals surface area contributed by atoms with Gasteiger partial charge in [-0.25, -0.2) is 13.1 Å². The van der Waals surface area contributed by atoms with Crippen LogP contribution in [-0.2, 0) is 16.6 Å². The molecule has 0 radical (unpaired) electrons. The molecule has 3 N–H and O–H groups in total. The molecule has 0 saturated heterocycles. The molecular weight excluding hydrogens is 364 g/mol. The van der Waals surface area contributed by atoms with E-state index in [9.17, 15) is 8.42 Å². The van der Waals surface area contributed by atoms with Crippen LogP contribution < -0.4 is 10.5 Å². The van der Waals surface area contributed by atoms with Gasteiger partial charge in [-0.2, -0.15) is 4.98 Å². The van der Waals surface area contributed by atoms with E-state index >= 15 is 0 Å². The first-order chi connectivity index (χ1) is 12.7. The van der Waals surface area contributed by atoms with Crippen molar-refractivity contribution in [2.24, 2.45) is 5.73 Å². The molecule has 0 aliphatic rings. The van der Waals surface area contributed by atoms with Gasteiger partial charge in [0.15, 0.2) is 0 Å². The number of benzene rings is 2. The summed E-state index contributed by atoms with van der Waals surface area (Å²) in [5, 5.41) is 3.99. The minimum atomic E-state index is -3.59. The van der Waals surface area contributed by atoms with E-state index in [4.69, 9.17) is 10.3 Å². The predicted octanol–water partition coefficient (Wildman–Crippen LogP) is 2.94. The van der Waals surface area contributed by atoms with Crippen LogP contribution in [0.15, 0.2) is 57.9 Å². The Kier molecular flexibility index (Phi) is 5.14. The van der Waals surface area contributed by atoms with Gasteiger partial charge in [0.2, 0.25) is 15.8 Å². The SMILES string of the molecule is CC(C)(C)NS(=O)(=O)c1ccc(-c2nc(-c3ccc(CN)cc3)no2)cc1. The number of sulfonamides is 1. The summed E-state index contributed by atoms with van der Waals surface area (Å²) in [6.45, 7) is 5.84. The van der Waals surface area contributed by atoms with Crippen LogP contribution in [0.2, 0.25) is 0 Å². The van der Waals surface area contributed by atoms with E-state index in [-0.39, 0.29) is 4.90 Å². The van der Waals surface area contributed by atoms with Crippen LogP contribution >= 0.6 is 0 Å². The van der Waals surface area contributed by atoms with Gasteiger partial charge < -0.3 is 10.3 Å². The molecule has 0 bridgehead atoms. The summed E-state index contributed by atoms with van der Waals surface area (Å²) < 4.78 is 32.7. The van der Waals surface area contributed by atoms with Crippen molar-refractivity contribution in [3.05, 3.63) is 54.1 Å². The molecule has 2 aromatic carbocycles. The summed E-state index contributed by atoms with van der Waals surface area (Å²) in [6.07, 6.45) is 0.